The number of ether oxygens (including phenoxy) is 1. The van der Waals surface area contributed by atoms with E-state index in [1.54, 1.807) is 6.92 Å². The number of amides is 1. The molecule has 14 heavy (non-hydrogen) atoms. The normalized spacial score (nSPS) is 11.8. The first-order valence-corrected chi connectivity index (χ1v) is 4.32. The van der Waals surface area contributed by atoms with E-state index in [2.05, 4.69) is 11.9 Å². The lowest BCUT2D eigenvalue weighted by atomic mass is 10.2. The fourth-order valence-corrected chi connectivity index (χ4v) is 0.819. The van der Waals surface area contributed by atoms with Crippen molar-refractivity contribution in [1.82, 2.24) is 5.32 Å². The second-order valence-corrected chi connectivity index (χ2v) is 2.62. The molecule has 0 heterocycles. The van der Waals surface area contributed by atoms with E-state index in [1.165, 1.54) is 6.08 Å². The second kappa shape index (κ2) is 7.08. The third-order valence-electron chi connectivity index (χ3n) is 1.47. The fraction of sp³-hybridized carbons (Fsp3) is 0.556. The van der Waals surface area contributed by atoms with Crippen molar-refractivity contribution in [3.05, 3.63) is 12.7 Å². The SMILES string of the molecule is C=CCC(NC(=O)COCC)C(=O)O. The van der Waals surface area contributed by atoms with Crippen molar-refractivity contribution >= 4 is 11.9 Å². The number of carbonyl (C=O) groups excluding carboxylic acids is 1. The average molecular weight is 201 g/mol. The van der Waals surface area contributed by atoms with E-state index in [9.17, 15) is 9.59 Å². The van der Waals surface area contributed by atoms with E-state index in [4.69, 9.17) is 9.84 Å². The zero-order chi connectivity index (χ0) is 11.0. The Morgan fingerprint density at radius 1 is 1.64 bits per heavy atom. The summed E-state index contributed by atoms with van der Waals surface area (Å²) in [5.74, 6) is -1.50. The van der Waals surface area contributed by atoms with Crippen LogP contribution in [0.1, 0.15) is 13.3 Å². The summed E-state index contributed by atoms with van der Waals surface area (Å²) in [6.07, 6.45) is 1.65. The lowest BCUT2D eigenvalue weighted by Gasteiger charge is -2.11. The molecule has 0 aliphatic carbocycles. The van der Waals surface area contributed by atoms with E-state index in [0.717, 1.165) is 0 Å². The number of carboxylic acids is 1. The molecule has 0 aromatic rings. The molecule has 0 saturated carbocycles. The maximum Gasteiger partial charge on any atom is 0.326 e. The van der Waals surface area contributed by atoms with Crippen molar-refractivity contribution in [2.75, 3.05) is 13.2 Å². The summed E-state index contributed by atoms with van der Waals surface area (Å²) in [6, 6.07) is -0.916. The zero-order valence-electron chi connectivity index (χ0n) is 8.16. The number of carbonyl (C=O) groups is 2. The average Bonchev–Trinajstić information content (AvgIpc) is 2.14. The monoisotopic (exact) mass is 201 g/mol. The molecule has 0 fully saturated rings. The third-order valence-corrected chi connectivity index (χ3v) is 1.47. The maximum absolute atomic E-state index is 11.1. The van der Waals surface area contributed by atoms with Gasteiger partial charge >= 0.3 is 5.97 Å². The van der Waals surface area contributed by atoms with Gasteiger partial charge in [0.05, 0.1) is 0 Å². The summed E-state index contributed by atoms with van der Waals surface area (Å²) in [5, 5.41) is 11.0. The van der Waals surface area contributed by atoms with Gasteiger partial charge in [-0.15, -0.1) is 6.58 Å². The Hall–Kier alpha value is -1.36. The quantitative estimate of drug-likeness (QED) is 0.576. The highest BCUT2D eigenvalue weighted by Gasteiger charge is 2.17. The standard InChI is InChI=1S/C9H15NO4/c1-3-5-7(9(12)13)10-8(11)6-14-4-2/h3,7H,1,4-6H2,2H3,(H,10,11)(H,12,13). The molecular formula is C9H15NO4. The van der Waals surface area contributed by atoms with Crippen molar-refractivity contribution in [2.24, 2.45) is 0 Å². The summed E-state index contributed by atoms with van der Waals surface area (Å²) < 4.78 is 4.82. The number of hydrogen-bond acceptors (Lipinski definition) is 3. The fourth-order valence-electron chi connectivity index (χ4n) is 0.819. The van der Waals surface area contributed by atoms with Crippen molar-refractivity contribution in [3.8, 4) is 0 Å². The van der Waals surface area contributed by atoms with Gasteiger partial charge in [0.1, 0.15) is 12.6 Å². The van der Waals surface area contributed by atoms with Gasteiger partial charge in [-0.2, -0.15) is 0 Å². The molecule has 0 aromatic heterocycles. The van der Waals surface area contributed by atoms with E-state index in [-0.39, 0.29) is 13.0 Å². The van der Waals surface area contributed by atoms with Crippen LogP contribution >= 0.6 is 0 Å². The molecule has 1 unspecified atom stereocenters. The van der Waals surface area contributed by atoms with Gasteiger partial charge in [-0.05, 0) is 13.3 Å². The van der Waals surface area contributed by atoms with Crippen LogP contribution in [0.4, 0.5) is 0 Å². The van der Waals surface area contributed by atoms with Crippen molar-refractivity contribution in [2.45, 2.75) is 19.4 Å². The summed E-state index contributed by atoms with van der Waals surface area (Å²) in [4.78, 5) is 21.7. The lowest BCUT2D eigenvalue weighted by molar-refractivity contribution is -0.142. The first-order valence-electron chi connectivity index (χ1n) is 4.32. The minimum atomic E-state index is -1.07. The predicted octanol–water partition coefficient (Wildman–Crippen LogP) is 0.168. The van der Waals surface area contributed by atoms with Gasteiger partial charge in [0.25, 0.3) is 0 Å². The predicted molar refractivity (Wildman–Crippen MR) is 50.9 cm³/mol. The summed E-state index contributed by atoms with van der Waals surface area (Å²) >= 11 is 0. The molecule has 0 aliphatic heterocycles. The largest absolute Gasteiger partial charge is 0.480 e. The number of rotatable bonds is 7. The smallest absolute Gasteiger partial charge is 0.326 e. The van der Waals surface area contributed by atoms with Crippen LogP contribution in [0.3, 0.4) is 0 Å². The lowest BCUT2D eigenvalue weighted by Crippen LogP contribution is -2.42. The first-order chi connectivity index (χ1) is 6.61. The minimum Gasteiger partial charge on any atom is -0.480 e. The Balaban J connectivity index is 3.95. The van der Waals surface area contributed by atoms with Gasteiger partial charge in [-0.1, -0.05) is 6.08 Å². The topological polar surface area (TPSA) is 75.6 Å². The molecule has 0 rings (SSSR count). The zero-order valence-corrected chi connectivity index (χ0v) is 8.16. The molecule has 5 nitrogen and oxygen atoms in total. The third kappa shape index (κ3) is 5.31. The number of nitrogens with one attached hydrogen (secondary N) is 1. The molecule has 1 amide bonds. The van der Waals surface area contributed by atoms with Gasteiger partial charge in [0, 0.05) is 6.61 Å². The molecule has 1 atom stereocenters. The van der Waals surface area contributed by atoms with E-state index < -0.39 is 17.9 Å². The van der Waals surface area contributed by atoms with Crippen LogP contribution in [0, 0.1) is 0 Å². The van der Waals surface area contributed by atoms with Crippen molar-refractivity contribution in [1.29, 1.82) is 0 Å². The van der Waals surface area contributed by atoms with Crippen LogP contribution in [0.2, 0.25) is 0 Å². The Bertz CT molecular complexity index is 215. The van der Waals surface area contributed by atoms with Crippen LogP contribution in [0.15, 0.2) is 12.7 Å². The number of hydrogen-bond donors (Lipinski definition) is 2. The van der Waals surface area contributed by atoms with Gasteiger partial charge < -0.3 is 15.2 Å². The minimum absolute atomic E-state index is 0.114. The van der Waals surface area contributed by atoms with Crippen LogP contribution < -0.4 is 5.32 Å². The Kier molecular flexibility index (Phi) is 6.39. The molecule has 2 N–H and O–H groups in total. The van der Waals surface area contributed by atoms with Gasteiger partial charge in [0.15, 0.2) is 0 Å². The van der Waals surface area contributed by atoms with Crippen LogP contribution in [0.5, 0.6) is 0 Å². The molecule has 0 aromatic carbocycles. The maximum atomic E-state index is 11.1. The van der Waals surface area contributed by atoms with Crippen molar-refractivity contribution < 1.29 is 19.4 Å². The Morgan fingerprint density at radius 2 is 2.29 bits per heavy atom. The van der Waals surface area contributed by atoms with Gasteiger partial charge in [0.2, 0.25) is 5.91 Å². The van der Waals surface area contributed by atoms with E-state index >= 15 is 0 Å². The van der Waals surface area contributed by atoms with E-state index in [0.29, 0.717) is 6.61 Å². The Morgan fingerprint density at radius 3 is 2.71 bits per heavy atom. The molecular weight excluding hydrogens is 186 g/mol. The molecule has 80 valence electrons. The highest BCUT2D eigenvalue weighted by molar-refractivity contribution is 5.84. The summed E-state index contributed by atoms with van der Waals surface area (Å²) in [5.41, 5.74) is 0. The summed E-state index contributed by atoms with van der Waals surface area (Å²) in [7, 11) is 0. The number of carboxylic acid groups (broad SMARTS) is 1. The highest BCUT2D eigenvalue weighted by atomic mass is 16.5. The summed E-state index contributed by atoms with van der Waals surface area (Å²) in [6.45, 7) is 5.47. The molecule has 0 aliphatic rings. The van der Waals surface area contributed by atoms with Crippen LogP contribution in [-0.2, 0) is 14.3 Å². The molecule has 0 saturated heterocycles. The first kappa shape index (κ1) is 12.6. The highest BCUT2D eigenvalue weighted by Crippen LogP contribution is 1.93. The van der Waals surface area contributed by atoms with Crippen molar-refractivity contribution in [3.63, 3.8) is 0 Å². The van der Waals surface area contributed by atoms with Crippen LogP contribution in [0.25, 0.3) is 0 Å². The van der Waals surface area contributed by atoms with Gasteiger partial charge in [-0.3, -0.25) is 4.79 Å². The molecule has 0 bridgehead atoms. The van der Waals surface area contributed by atoms with Gasteiger partial charge in [-0.25, -0.2) is 4.79 Å². The molecule has 5 heteroatoms. The second-order valence-electron chi connectivity index (χ2n) is 2.62. The number of aliphatic carboxylic acids is 1. The Labute approximate surface area is 82.7 Å². The molecule has 0 radical (unpaired) electrons. The van der Waals surface area contributed by atoms with E-state index in [1.807, 2.05) is 0 Å². The van der Waals surface area contributed by atoms with Crippen LogP contribution in [-0.4, -0.2) is 36.2 Å². The molecule has 0 spiro atoms.